The Labute approximate surface area is 113 Å². The highest BCUT2D eigenvalue weighted by molar-refractivity contribution is 4.53. The van der Waals surface area contributed by atoms with Crippen molar-refractivity contribution in [3.05, 3.63) is 50.6 Å². The minimum Gasteiger partial charge on any atom is -0.259 e. The molecule has 0 fully saturated rings. The van der Waals surface area contributed by atoms with Crippen LogP contribution in [0.15, 0.2) is 0 Å². The molecule has 0 amide bonds. The van der Waals surface area contributed by atoms with Crippen molar-refractivity contribution in [1.29, 1.82) is 0 Å². The molecular formula is C5H8N6O10. The molecule has 0 aliphatic heterocycles. The zero-order chi connectivity index (χ0) is 16.7. The predicted molar refractivity (Wildman–Crippen MR) is 58.7 cm³/mol. The molecule has 0 unspecified atom stereocenters. The maximum Gasteiger partial charge on any atom is 0.473 e. The first-order valence-corrected chi connectivity index (χ1v) is 5.01. The van der Waals surface area contributed by atoms with Crippen molar-refractivity contribution in [3.63, 3.8) is 0 Å². The van der Waals surface area contributed by atoms with E-state index in [4.69, 9.17) is 0 Å². The number of hydrogen-bond donors (Lipinski definition) is 0. The summed E-state index contributed by atoms with van der Waals surface area (Å²) < 4.78 is 0. The second-order valence-corrected chi connectivity index (χ2v) is 3.54. The van der Waals surface area contributed by atoms with Gasteiger partial charge in [0.05, 0.1) is 26.2 Å². The van der Waals surface area contributed by atoms with E-state index in [1.54, 1.807) is 0 Å². The van der Waals surface area contributed by atoms with E-state index in [0.717, 1.165) is 0 Å². The van der Waals surface area contributed by atoms with Crippen LogP contribution in [-0.2, 0) is 0 Å². The quantitative estimate of drug-likeness (QED) is 0.260. The van der Waals surface area contributed by atoms with Gasteiger partial charge in [0, 0.05) is 0 Å². The average Bonchev–Trinajstić information content (AvgIpc) is 2.30. The molecule has 0 bridgehead atoms. The van der Waals surface area contributed by atoms with Crippen molar-refractivity contribution >= 4 is 0 Å². The lowest BCUT2D eigenvalue weighted by molar-refractivity contribution is -0.763. The average molecular weight is 312 g/mol. The molecular weight excluding hydrogens is 304 g/mol. The van der Waals surface area contributed by atoms with Crippen molar-refractivity contribution in [2.75, 3.05) is 13.1 Å². The van der Waals surface area contributed by atoms with Gasteiger partial charge in [0.25, 0.3) is 0 Å². The second-order valence-electron chi connectivity index (χ2n) is 3.54. The van der Waals surface area contributed by atoms with E-state index in [9.17, 15) is 50.6 Å². The Kier molecular flexibility index (Phi) is 6.28. The molecule has 0 saturated heterocycles. The van der Waals surface area contributed by atoms with E-state index in [-0.39, 0.29) is 5.01 Å². The van der Waals surface area contributed by atoms with E-state index in [0.29, 0.717) is 0 Å². The van der Waals surface area contributed by atoms with Crippen molar-refractivity contribution in [1.82, 2.24) is 5.01 Å². The molecule has 0 aromatic carbocycles. The molecule has 0 aliphatic carbocycles. The minimum atomic E-state index is -2.53. The summed E-state index contributed by atoms with van der Waals surface area (Å²) in [6.07, 6.45) is -5.82. The van der Waals surface area contributed by atoms with Crippen LogP contribution in [0.1, 0.15) is 6.42 Å². The van der Waals surface area contributed by atoms with Gasteiger partial charge in [-0.3, -0.25) is 40.5 Å². The van der Waals surface area contributed by atoms with Crippen LogP contribution in [0.3, 0.4) is 0 Å². The van der Waals surface area contributed by atoms with E-state index < -0.39 is 56.6 Å². The van der Waals surface area contributed by atoms with Gasteiger partial charge < -0.3 is 0 Å². The summed E-state index contributed by atoms with van der Waals surface area (Å²) in [6.45, 7) is -2.22. The first kappa shape index (κ1) is 17.8. The highest BCUT2D eigenvalue weighted by Gasteiger charge is 2.41. The summed E-state index contributed by atoms with van der Waals surface area (Å²) in [5, 5.41) is 50.6. The molecule has 0 atom stereocenters. The lowest BCUT2D eigenvalue weighted by atomic mass is 10.3. The molecule has 0 heterocycles. The second kappa shape index (κ2) is 7.40. The summed E-state index contributed by atoms with van der Waals surface area (Å²) >= 11 is 0. The van der Waals surface area contributed by atoms with Gasteiger partial charge in [-0.05, 0) is 0 Å². The lowest BCUT2D eigenvalue weighted by Gasteiger charge is -2.12. The molecule has 0 aliphatic rings. The number of hydrazine groups is 1. The zero-order valence-electron chi connectivity index (χ0n) is 10.0. The molecule has 118 valence electrons. The highest BCUT2D eigenvalue weighted by Crippen LogP contribution is 2.04. The fourth-order valence-corrected chi connectivity index (χ4v) is 1.19. The molecule has 0 aromatic heterocycles. The molecule has 0 aromatic rings. The van der Waals surface area contributed by atoms with Crippen LogP contribution < -0.4 is 0 Å². The first-order chi connectivity index (χ1) is 9.57. The Morgan fingerprint density at radius 3 is 1.38 bits per heavy atom. The number of nitro groups is 5. The lowest BCUT2D eigenvalue weighted by Crippen LogP contribution is -2.45. The largest absolute Gasteiger partial charge is 0.473 e. The molecule has 16 nitrogen and oxygen atoms in total. The Hall–Kier alpha value is -3.20. The van der Waals surface area contributed by atoms with Gasteiger partial charge in [-0.15, -0.1) is 5.01 Å². The van der Waals surface area contributed by atoms with E-state index in [1.165, 1.54) is 0 Å². The van der Waals surface area contributed by atoms with Crippen molar-refractivity contribution in [2.24, 2.45) is 0 Å². The fourth-order valence-electron chi connectivity index (χ4n) is 1.19. The first-order valence-electron chi connectivity index (χ1n) is 5.01. The third-order valence-electron chi connectivity index (χ3n) is 2.22. The fraction of sp³-hybridized carbons (Fsp3) is 1.00. The summed E-state index contributed by atoms with van der Waals surface area (Å²) in [5.74, 6) is 0. The van der Waals surface area contributed by atoms with Crippen LogP contribution in [-0.4, -0.2) is 55.2 Å². The molecule has 0 radical (unpaired) electrons. The van der Waals surface area contributed by atoms with E-state index in [1.807, 2.05) is 0 Å². The monoisotopic (exact) mass is 312 g/mol. The van der Waals surface area contributed by atoms with E-state index in [2.05, 4.69) is 0 Å². The van der Waals surface area contributed by atoms with Crippen LogP contribution in [0.25, 0.3) is 0 Å². The maximum absolute atomic E-state index is 10.6. The van der Waals surface area contributed by atoms with Gasteiger partial charge in [0.2, 0.25) is 6.54 Å². The third-order valence-corrected chi connectivity index (χ3v) is 2.22. The normalized spacial score (nSPS) is 10.4. The Balaban J connectivity index is 4.89. The number of rotatable bonds is 10. The smallest absolute Gasteiger partial charge is 0.259 e. The summed E-state index contributed by atoms with van der Waals surface area (Å²) in [5.41, 5.74) is 0. The molecule has 16 heteroatoms. The van der Waals surface area contributed by atoms with Crippen molar-refractivity contribution in [3.8, 4) is 0 Å². The SMILES string of the molecule is O=[N+]([O-])C(CCN(CC([N+](=O)[O-])[N+](=O)[O-])[N+](=O)[O-])[N+](=O)[O-]. The van der Waals surface area contributed by atoms with E-state index >= 15 is 0 Å². The Morgan fingerprint density at radius 1 is 0.714 bits per heavy atom. The number of nitrogens with zero attached hydrogens (tertiary/aromatic N) is 6. The molecule has 0 saturated carbocycles. The maximum atomic E-state index is 10.6. The highest BCUT2D eigenvalue weighted by atomic mass is 16.7. The van der Waals surface area contributed by atoms with Crippen LogP contribution >= 0.6 is 0 Å². The molecule has 0 rings (SSSR count). The Bertz CT molecular complexity index is 437. The van der Waals surface area contributed by atoms with Gasteiger partial charge in [0.1, 0.15) is 6.42 Å². The summed E-state index contributed by atoms with van der Waals surface area (Å²) in [4.78, 5) is 46.6. The van der Waals surface area contributed by atoms with Crippen molar-refractivity contribution in [2.45, 2.75) is 18.8 Å². The van der Waals surface area contributed by atoms with Crippen LogP contribution in [0.2, 0.25) is 0 Å². The summed E-state index contributed by atoms with van der Waals surface area (Å²) in [6, 6.07) is 0. The molecule has 0 spiro atoms. The van der Waals surface area contributed by atoms with Gasteiger partial charge in [0.15, 0.2) is 5.03 Å². The summed E-state index contributed by atoms with van der Waals surface area (Å²) in [7, 11) is 0. The van der Waals surface area contributed by atoms with Crippen LogP contribution in [0, 0.1) is 50.6 Å². The number of hydrogen-bond acceptors (Lipinski definition) is 10. The van der Waals surface area contributed by atoms with Gasteiger partial charge in [-0.2, -0.15) is 0 Å². The van der Waals surface area contributed by atoms with Crippen LogP contribution in [0.4, 0.5) is 0 Å². The Morgan fingerprint density at radius 2 is 1.10 bits per heavy atom. The van der Waals surface area contributed by atoms with Gasteiger partial charge >= 0.3 is 12.3 Å². The topological polar surface area (TPSA) is 219 Å². The van der Waals surface area contributed by atoms with Gasteiger partial charge in [-0.1, -0.05) is 0 Å². The predicted octanol–water partition coefficient (Wildman–Crippen LogP) is -1.37. The standard InChI is InChI=1S/C5H8N6O10/c12-7(13)4(8(14)15)1-2-6(11(20)21)3-5(9(16)17)10(18)19/h4-5H,1-3H2. The van der Waals surface area contributed by atoms with Crippen molar-refractivity contribution < 1.29 is 24.7 Å². The third kappa shape index (κ3) is 5.53. The zero-order valence-corrected chi connectivity index (χ0v) is 10.0. The molecule has 21 heavy (non-hydrogen) atoms. The van der Waals surface area contributed by atoms with Gasteiger partial charge in [-0.25, -0.2) is 10.1 Å². The molecule has 0 N–H and O–H groups in total. The van der Waals surface area contributed by atoms with Crippen LogP contribution in [0.5, 0.6) is 0 Å². The minimum absolute atomic E-state index is 0.0454.